The second-order valence-electron chi connectivity index (χ2n) is 3.90. The van der Waals surface area contributed by atoms with Crippen molar-refractivity contribution in [3.8, 4) is 5.88 Å². The van der Waals surface area contributed by atoms with Gasteiger partial charge >= 0.3 is 0 Å². The number of hydrogen-bond donors (Lipinski definition) is 2. The third-order valence-corrected chi connectivity index (χ3v) is 2.49. The van der Waals surface area contributed by atoms with Gasteiger partial charge < -0.3 is 14.8 Å². The fourth-order valence-corrected chi connectivity index (χ4v) is 1.60. The van der Waals surface area contributed by atoms with Crippen molar-refractivity contribution in [2.45, 2.75) is 19.6 Å². The summed E-state index contributed by atoms with van der Waals surface area (Å²) >= 11 is 0. The topological polar surface area (TPSA) is 75.2 Å². The van der Waals surface area contributed by atoms with Gasteiger partial charge in [-0.1, -0.05) is 30.3 Å². The molecule has 1 aromatic carbocycles. The first-order valence-electron chi connectivity index (χ1n) is 5.61. The highest BCUT2D eigenvalue weighted by Gasteiger charge is 2.15. The van der Waals surface area contributed by atoms with Crippen LogP contribution in [-0.2, 0) is 6.61 Å². The maximum atomic E-state index is 11.6. The highest BCUT2D eigenvalue weighted by Crippen LogP contribution is 2.18. The summed E-state index contributed by atoms with van der Waals surface area (Å²) in [6.07, 6.45) is 0.336. The molecule has 18 heavy (non-hydrogen) atoms. The molecule has 1 atom stereocenters. The molecular weight excluding hydrogens is 232 g/mol. The van der Waals surface area contributed by atoms with Crippen LogP contribution in [0.4, 0.5) is 0 Å². The van der Waals surface area contributed by atoms with Crippen molar-refractivity contribution in [2.24, 2.45) is 0 Å². The molecule has 2 aromatic rings. The van der Waals surface area contributed by atoms with Gasteiger partial charge in [-0.25, -0.2) is 4.98 Å². The zero-order valence-electron chi connectivity index (χ0n) is 9.96. The molecule has 1 unspecified atom stereocenters. The summed E-state index contributed by atoms with van der Waals surface area (Å²) in [6, 6.07) is 9.54. The molecular formula is C13H14N2O3. The van der Waals surface area contributed by atoms with Crippen LogP contribution in [0, 0.1) is 0 Å². The molecule has 0 spiro atoms. The number of nitrogens with one attached hydrogen (secondary N) is 1. The third kappa shape index (κ3) is 2.75. The Hall–Kier alpha value is -2.14. The van der Waals surface area contributed by atoms with Crippen LogP contribution in [0.2, 0.25) is 0 Å². The number of aromatic amines is 1. The molecule has 0 aliphatic carbocycles. The molecule has 0 aliphatic heterocycles. The van der Waals surface area contributed by atoms with Crippen LogP contribution in [0.1, 0.15) is 24.2 Å². The van der Waals surface area contributed by atoms with E-state index in [0.29, 0.717) is 6.61 Å². The number of H-pyrrole nitrogens is 1. The summed E-state index contributed by atoms with van der Waals surface area (Å²) in [4.78, 5) is 17.9. The Morgan fingerprint density at radius 2 is 2.11 bits per heavy atom. The Morgan fingerprint density at radius 1 is 1.39 bits per heavy atom. The van der Waals surface area contributed by atoms with E-state index in [1.54, 1.807) is 0 Å². The molecule has 0 saturated heterocycles. The quantitative estimate of drug-likeness (QED) is 0.855. The Labute approximate surface area is 104 Å². The fourth-order valence-electron chi connectivity index (χ4n) is 1.60. The lowest BCUT2D eigenvalue weighted by Crippen LogP contribution is -2.17. The van der Waals surface area contributed by atoms with E-state index in [1.165, 1.54) is 13.3 Å². The molecule has 0 bridgehead atoms. The molecule has 2 rings (SSSR count). The van der Waals surface area contributed by atoms with Gasteiger partial charge in [0, 0.05) is 0 Å². The van der Waals surface area contributed by atoms with E-state index >= 15 is 0 Å². The van der Waals surface area contributed by atoms with Crippen LogP contribution < -0.4 is 10.3 Å². The molecule has 1 aromatic heterocycles. The summed E-state index contributed by atoms with van der Waals surface area (Å²) < 4.78 is 5.47. The van der Waals surface area contributed by atoms with E-state index in [1.807, 2.05) is 30.3 Å². The number of rotatable bonds is 4. The maximum absolute atomic E-state index is 11.6. The van der Waals surface area contributed by atoms with E-state index in [9.17, 15) is 9.90 Å². The zero-order chi connectivity index (χ0) is 13.0. The van der Waals surface area contributed by atoms with Crippen LogP contribution in [-0.4, -0.2) is 15.1 Å². The first-order valence-corrected chi connectivity index (χ1v) is 5.61. The maximum Gasteiger partial charge on any atom is 0.260 e. The smallest absolute Gasteiger partial charge is 0.260 e. The highest BCUT2D eigenvalue weighted by molar-refractivity contribution is 5.25. The van der Waals surface area contributed by atoms with E-state index in [2.05, 4.69) is 9.97 Å². The first kappa shape index (κ1) is 12.3. The van der Waals surface area contributed by atoms with E-state index in [0.717, 1.165) is 5.56 Å². The Kier molecular flexibility index (Phi) is 3.74. The summed E-state index contributed by atoms with van der Waals surface area (Å²) in [7, 11) is 0. The minimum Gasteiger partial charge on any atom is -0.472 e. The van der Waals surface area contributed by atoms with Crippen molar-refractivity contribution in [3.63, 3.8) is 0 Å². The van der Waals surface area contributed by atoms with Crippen molar-refractivity contribution in [2.75, 3.05) is 0 Å². The molecule has 5 nitrogen and oxygen atoms in total. The van der Waals surface area contributed by atoms with Crippen molar-refractivity contribution in [3.05, 3.63) is 58.1 Å². The predicted octanol–water partition coefficient (Wildman–Crippen LogP) is 1.40. The van der Waals surface area contributed by atoms with Crippen LogP contribution in [0.25, 0.3) is 0 Å². The van der Waals surface area contributed by atoms with Gasteiger partial charge in [0.2, 0.25) is 5.88 Å². The van der Waals surface area contributed by atoms with Crippen molar-refractivity contribution in [1.82, 2.24) is 9.97 Å². The zero-order valence-corrected chi connectivity index (χ0v) is 9.96. The summed E-state index contributed by atoms with van der Waals surface area (Å²) in [5.41, 5.74) is 0.729. The number of aliphatic hydroxyl groups excluding tert-OH is 1. The normalized spacial score (nSPS) is 12.1. The predicted molar refractivity (Wildman–Crippen MR) is 66.3 cm³/mol. The minimum absolute atomic E-state index is 0.147. The number of aliphatic hydroxyl groups is 1. The lowest BCUT2D eigenvalue weighted by Gasteiger charge is -2.10. The van der Waals surface area contributed by atoms with Crippen LogP contribution >= 0.6 is 0 Å². The fraction of sp³-hybridized carbons (Fsp3) is 0.231. The van der Waals surface area contributed by atoms with E-state index in [4.69, 9.17) is 4.74 Å². The van der Waals surface area contributed by atoms with Gasteiger partial charge in [-0.15, -0.1) is 0 Å². The van der Waals surface area contributed by atoms with Gasteiger partial charge in [-0.2, -0.15) is 0 Å². The molecule has 0 radical (unpaired) electrons. The van der Waals surface area contributed by atoms with Crippen LogP contribution in [0.15, 0.2) is 41.5 Å². The highest BCUT2D eigenvalue weighted by atomic mass is 16.5. The molecule has 2 N–H and O–H groups in total. The Balaban J connectivity index is 2.20. The van der Waals surface area contributed by atoms with E-state index in [-0.39, 0.29) is 17.0 Å². The SMILES string of the molecule is CC(O)c1c(OCc2ccccc2)nc[nH]c1=O. The van der Waals surface area contributed by atoms with Crippen molar-refractivity contribution in [1.29, 1.82) is 0 Å². The average molecular weight is 246 g/mol. The summed E-state index contributed by atoms with van der Waals surface area (Å²) in [6.45, 7) is 1.80. The average Bonchev–Trinajstić information content (AvgIpc) is 2.37. The molecule has 0 amide bonds. The Morgan fingerprint density at radius 3 is 2.78 bits per heavy atom. The second-order valence-corrected chi connectivity index (χ2v) is 3.90. The number of aromatic nitrogens is 2. The van der Waals surface area contributed by atoms with Gasteiger partial charge in [0.15, 0.2) is 0 Å². The van der Waals surface area contributed by atoms with Crippen LogP contribution in [0.3, 0.4) is 0 Å². The molecule has 0 saturated carbocycles. The van der Waals surface area contributed by atoms with E-state index < -0.39 is 6.10 Å². The number of nitrogens with zero attached hydrogens (tertiary/aromatic N) is 1. The third-order valence-electron chi connectivity index (χ3n) is 2.49. The molecule has 0 fully saturated rings. The van der Waals surface area contributed by atoms with Crippen LogP contribution in [0.5, 0.6) is 5.88 Å². The summed E-state index contributed by atoms with van der Waals surface area (Å²) in [5.74, 6) is 0.164. The van der Waals surface area contributed by atoms with Gasteiger partial charge in [-0.05, 0) is 12.5 Å². The number of ether oxygens (including phenoxy) is 1. The first-order chi connectivity index (χ1) is 8.68. The lowest BCUT2D eigenvalue weighted by molar-refractivity contribution is 0.185. The minimum atomic E-state index is -0.923. The van der Waals surface area contributed by atoms with Gasteiger partial charge in [0.25, 0.3) is 5.56 Å². The summed E-state index contributed by atoms with van der Waals surface area (Å²) in [5, 5.41) is 9.54. The lowest BCUT2D eigenvalue weighted by atomic mass is 10.2. The Bertz CT molecular complexity index is 564. The van der Waals surface area contributed by atoms with Crippen molar-refractivity contribution >= 4 is 0 Å². The molecule has 94 valence electrons. The molecule has 5 heteroatoms. The second kappa shape index (κ2) is 5.46. The monoisotopic (exact) mass is 246 g/mol. The number of benzene rings is 1. The standard InChI is InChI=1S/C13H14N2O3/c1-9(16)11-12(17)14-8-15-13(11)18-7-10-5-3-2-4-6-10/h2-6,8-9,16H,7H2,1H3,(H,14,15,17). The van der Waals surface area contributed by atoms with Crippen molar-refractivity contribution < 1.29 is 9.84 Å². The largest absolute Gasteiger partial charge is 0.472 e. The molecule has 1 heterocycles. The van der Waals surface area contributed by atoms with Gasteiger partial charge in [0.1, 0.15) is 12.2 Å². The van der Waals surface area contributed by atoms with Gasteiger partial charge in [0.05, 0.1) is 12.4 Å². The molecule has 0 aliphatic rings. The van der Waals surface area contributed by atoms with Gasteiger partial charge in [-0.3, -0.25) is 4.79 Å². The number of hydrogen-bond acceptors (Lipinski definition) is 4.